The molecule has 3 aliphatic rings. The van der Waals surface area contributed by atoms with Gasteiger partial charge < -0.3 is 16.0 Å². The largest absolute Gasteiger partial charge is 0.347 e. The molecular formula is C22H31N3O2. The van der Waals surface area contributed by atoms with Crippen LogP contribution in [0.15, 0.2) is 24.3 Å². The lowest BCUT2D eigenvalue weighted by atomic mass is 9.83. The number of benzene rings is 1. The molecule has 2 fully saturated rings. The summed E-state index contributed by atoms with van der Waals surface area (Å²) in [5, 5.41) is 3.21. The Kier molecular flexibility index (Phi) is 5.48. The highest BCUT2D eigenvalue weighted by atomic mass is 16.2. The SMILES string of the molecule is N[C@H](C(=O)N1CCC[C@H]1C(=O)N[C@@H]1CCc2ccccc21)C1CCCCC1. The first-order chi connectivity index (χ1) is 13.1. The van der Waals surface area contributed by atoms with Crippen LogP contribution in [0, 0.1) is 5.92 Å². The molecule has 1 aromatic rings. The van der Waals surface area contributed by atoms with Crippen molar-refractivity contribution in [2.75, 3.05) is 6.54 Å². The first kappa shape index (κ1) is 18.5. The zero-order valence-electron chi connectivity index (χ0n) is 16.0. The molecule has 4 rings (SSSR count). The Morgan fingerprint density at radius 3 is 2.63 bits per heavy atom. The Morgan fingerprint density at radius 2 is 1.81 bits per heavy atom. The van der Waals surface area contributed by atoms with E-state index in [2.05, 4.69) is 17.4 Å². The average Bonchev–Trinajstić information content (AvgIpc) is 3.35. The molecular weight excluding hydrogens is 338 g/mol. The summed E-state index contributed by atoms with van der Waals surface area (Å²) in [5.74, 6) is 0.238. The number of fused-ring (bicyclic) bond motifs is 1. The zero-order valence-corrected chi connectivity index (χ0v) is 16.0. The van der Waals surface area contributed by atoms with Gasteiger partial charge in [-0.3, -0.25) is 9.59 Å². The number of hydrogen-bond acceptors (Lipinski definition) is 3. The summed E-state index contributed by atoms with van der Waals surface area (Å²) in [4.78, 5) is 27.8. The van der Waals surface area contributed by atoms with Crippen molar-refractivity contribution < 1.29 is 9.59 Å². The third kappa shape index (κ3) is 3.75. The number of carbonyl (C=O) groups is 2. The second-order valence-corrected chi connectivity index (χ2v) is 8.41. The third-order valence-electron chi connectivity index (χ3n) is 6.73. The highest BCUT2D eigenvalue weighted by molar-refractivity contribution is 5.90. The fourth-order valence-electron chi connectivity index (χ4n) is 5.16. The third-order valence-corrected chi connectivity index (χ3v) is 6.73. The minimum atomic E-state index is -0.453. The van der Waals surface area contributed by atoms with Crippen LogP contribution in [0.3, 0.4) is 0 Å². The van der Waals surface area contributed by atoms with Crippen LogP contribution in [0.2, 0.25) is 0 Å². The van der Waals surface area contributed by atoms with Crippen LogP contribution in [0.25, 0.3) is 0 Å². The molecule has 0 bridgehead atoms. The van der Waals surface area contributed by atoms with E-state index in [-0.39, 0.29) is 29.8 Å². The van der Waals surface area contributed by atoms with Crippen molar-refractivity contribution in [2.45, 2.75) is 75.9 Å². The van der Waals surface area contributed by atoms with Crippen LogP contribution in [0.1, 0.15) is 68.5 Å². The zero-order chi connectivity index (χ0) is 18.8. The monoisotopic (exact) mass is 369 g/mol. The molecule has 1 aliphatic heterocycles. The molecule has 5 heteroatoms. The molecule has 1 saturated carbocycles. The van der Waals surface area contributed by atoms with Gasteiger partial charge in [-0.1, -0.05) is 43.5 Å². The number of nitrogens with two attached hydrogens (primary N) is 1. The topological polar surface area (TPSA) is 75.4 Å². The number of nitrogens with one attached hydrogen (secondary N) is 1. The summed E-state index contributed by atoms with van der Waals surface area (Å²) < 4.78 is 0. The van der Waals surface area contributed by atoms with Gasteiger partial charge in [-0.05, 0) is 55.6 Å². The van der Waals surface area contributed by atoms with E-state index in [1.165, 1.54) is 17.5 Å². The predicted octanol–water partition coefficient (Wildman–Crippen LogP) is 2.69. The van der Waals surface area contributed by atoms with E-state index < -0.39 is 6.04 Å². The van der Waals surface area contributed by atoms with Crippen molar-refractivity contribution in [1.82, 2.24) is 10.2 Å². The Bertz CT molecular complexity index is 699. The smallest absolute Gasteiger partial charge is 0.243 e. The van der Waals surface area contributed by atoms with Crippen molar-refractivity contribution >= 4 is 11.8 Å². The molecule has 2 aliphatic carbocycles. The first-order valence-electron chi connectivity index (χ1n) is 10.6. The number of rotatable bonds is 4. The maximum absolute atomic E-state index is 13.0. The summed E-state index contributed by atoms with van der Waals surface area (Å²) in [6.07, 6.45) is 9.20. The van der Waals surface area contributed by atoms with E-state index in [1.54, 1.807) is 4.90 Å². The molecule has 0 radical (unpaired) electrons. The number of amides is 2. The summed E-state index contributed by atoms with van der Waals surface area (Å²) in [6.45, 7) is 0.651. The van der Waals surface area contributed by atoms with Gasteiger partial charge in [0.1, 0.15) is 6.04 Å². The van der Waals surface area contributed by atoms with Gasteiger partial charge in [-0.15, -0.1) is 0 Å². The first-order valence-corrected chi connectivity index (χ1v) is 10.6. The van der Waals surface area contributed by atoms with E-state index in [1.807, 2.05) is 12.1 Å². The van der Waals surface area contributed by atoms with Gasteiger partial charge in [0.15, 0.2) is 0 Å². The van der Waals surface area contributed by atoms with Gasteiger partial charge in [0.25, 0.3) is 0 Å². The van der Waals surface area contributed by atoms with Gasteiger partial charge in [0.2, 0.25) is 11.8 Å². The standard InChI is InChI=1S/C22H31N3O2/c23-20(16-8-2-1-3-9-16)22(27)25-14-6-11-19(25)21(26)24-18-13-12-15-7-4-5-10-17(15)18/h4-5,7,10,16,18-20H,1-3,6,8-9,11-14,23H2,(H,24,26)/t18-,19+,20+/m1/s1. The lowest BCUT2D eigenvalue weighted by molar-refractivity contribution is -0.140. The minimum absolute atomic E-state index is 0.0154. The molecule has 1 aromatic carbocycles. The number of likely N-dealkylation sites (tertiary alicyclic amines) is 1. The van der Waals surface area contributed by atoms with Crippen molar-refractivity contribution in [3.05, 3.63) is 35.4 Å². The molecule has 2 amide bonds. The second kappa shape index (κ2) is 8.01. The summed E-state index contributed by atoms with van der Waals surface area (Å²) in [5.41, 5.74) is 8.88. The van der Waals surface area contributed by atoms with Crippen molar-refractivity contribution in [3.63, 3.8) is 0 Å². The fourth-order valence-corrected chi connectivity index (χ4v) is 5.16. The van der Waals surface area contributed by atoms with Crippen LogP contribution >= 0.6 is 0 Å². The maximum atomic E-state index is 13.0. The van der Waals surface area contributed by atoms with E-state index in [9.17, 15) is 9.59 Å². The predicted molar refractivity (Wildman–Crippen MR) is 105 cm³/mol. The normalized spacial score (nSPS) is 26.6. The van der Waals surface area contributed by atoms with Crippen LogP contribution in [0.4, 0.5) is 0 Å². The van der Waals surface area contributed by atoms with E-state index in [0.29, 0.717) is 6.54 Å². The lowest BCUT2D eigenvalue weighted by Gasteiger charge is -2.32. The molecule has 0 unspecified atom stereocenters. The van der Waals surface area contributed by atoms with Gasteiger partial charge >= 0.3 is 0 Å². The quantitative estimate of drug-likeness (QED) is 0.857. The Hall–Kier alpha value is -1.88. The van der Waals surface area contributed by atoms with Crippen LogP contribution < -0.4 is 11.1 Å². The molecule has 5 nitrogen and oxygen atoms in total. The van der Waals surface area contributed by atoms with Crippen molar-refractivity contribution in [3.8, 4) is 0 Å². The molecule has 1 heterocycles. The summed E-state index contributed by atoms with van der Waals surface area (Å²) in [6, 6.07) is 7.56. The van der Waals surface area contributed by atoms with Gasteiger partial charge in [0.05, 0.1) is 12.1 Å². The second-order valence-electron chi connectivity index (χ2n) is 8.41. The molecule has 146 valence electrons. The number of nitrogens with zero attached hydrogens (tertiary/aromatic N) is 1. The number of hydrogen-bond donors (Lipinski definition) is 2. The molecule has 27 heavy (non-hydrogen) atoms. The molecule has 3 atom stereocenters. The maximum Gasteiger partial charge on any atom is 0.243 e. The minimum Gasteiger partial charge on any atom is -0.347 e. The van der Waals surface area contributed by atoms with Crippen LogP contribution in [-0.4, -0.2) is 35.3 Å². The number of aryl methyl sites for hydroxylation is 1. The van der Waals surface area contributed by atoms with Crippen molar-refractivity contribution in [2.24, 2.45) is 11.7 Å². The Labute approximate surface area is 161 Å². The summed E-state index contributed by atoms with van der Waals surface area (Å²) >= 11 is 0. The van der Waals surface area contributed by atoms with Gasteiger partial charge in [-0.25, -0.2) is 0 Å². The number of carbonyl (C=O) groups excluding carboxylic acids is 2. The van der Waals surface area contributed by atoms with E-state index >= 15 is 0 Å². The molecule has 1 saturated heterocycles. The van der Waals surface area contributed by atoms with Crippen LogP contribution in [0.5, 0.6) is 0 Å². The Morgan fingerprint density at radius 1 is 1.04 bits per heavy atom. The highest BCUT2D eigenvalue weighted by Gasteiger charge is 2.39. The fraction of sp³-hybridized carbons (Fsp3) is 0.636. The van der Waals surface area contributed by atoms with E-state index in [0.717, 1.165) is 51.4 Å². The molecule has 3 N–H and O–H groups in total. The van der Waals surface area contributed by atoms with Gasteiger partial charge in [0, 0.05) is 6.54 Å². The average molecular weight is 370 g/mol. The van der Waals surface area contributed by atoms with Crippen LogP contribution in [-0.2, 0) is 16.0 Å². The highest BCUT2D eigenvalue weighted by Crippen LogP contribution is 2.32. The van der Waals surface area contributed by atoms with E-state index in [4.69, 9.17) is 5.73 Å². The molecule has 0 spiro atoms. The molecule has 0 aromatic heterocycles. The van der Waals surface area contributed by atoms with Crippen molar-refractivity contribution in [1.29, 1.82) is 0 Å². The lowest BCUT2D eigenvalue weighted by Crippen LogP contribution is -2.53. The summed E-state index contributed by atoms with van der Waals surface area (Å²) in [7, 11) is 0. The Balaban J connectivity index is 1.40. The van der Waals surface area contributed by atoms with Gasteiger partial charge in [-0.2, -0.15) is 0 Å².